The number of nitrogens with zero attached hydrogens (tertiary/aromatic N) is 3. The molecule has 1 aromatic heterocycles. The number of hydrogen-bond donors (Lipinski definition) is 0. The number of carbonyl (C=O) groups is 1. The van der Waals surface area contributed by atoms with Crippen LogP contribution in [-0.2, 0) is 11.3 Å². The summed E-state index contributed by atoms with van der Waals surface area (Å²) in [4.78, 5) is 19.5. The van der Waals surface area contributed by atoms with Crippen LogP contribution >= 0.6 is 0 Å². The monoisotopic (exact) mass is 373 g/mol. The SMILES string of the molecule is COCCn1ccnc1C1CCCN(C(=O)c2ccc(OC)c(OC)c2)C1. The molecule has 7 heteroatoms. The van der Waals surface area contributed by atoms with Crippen LogP contribution in [-0.4, -0.2) is 61.4 Å². The van der Waals surface area contributed by atoms with Crippen LogP contribution in [0.15, 0.2) is 30.6 Å². The number of likely N-dealkylation sites (tertiary alicyclic amines) is 1. The highest BCUT2D eigenvalue weighted by Gasteiger charge is 2.28. The number of rotatable bonds is 7. The molecular weight excluding hydrogens is 346 g/mol. The van der Waals surface area contributed by atoms with E-state index in [9.17, 15) is 4.79 Å². The first-order chi connectivity index (χ1) is 13.2. The van der Waals surface area contributed by atoms with Crippen LogP contribution in [0.2, 0.25) is 0 Å². The molecule has 2 heterocycles. The lowest BCUT2D eigenvalue weighted by molar-refractivity contribution is 0.0702. The van der Waals surface area contributed by atoms with Gasteiger partial charge < -0.3 is 23.7 Å². The number of benzene rings is 1. The van der Waals surface area contributed by atoms with Gasteiger partial charge in [0.1, 0.15) is 5.82 Å². The summed E-state index contributed by atoms with van der Waals surface area (Å²) >= 11 is 0. The van der Waals surface area contributed by atoms with Crippen molar-refractivity contribution < 1.29 is 19.0 Å². The van der Waals surface area contributed by atoms with Crippen molar-refractivity contribution in [3.05, 3.63) is 42.0 Å². The summed E-state index contributed by atoms with van der Waals surface area (Å²) in [6.45, 7) is 2.83. The number of piperidine rings is 1. The highest BCUT2D eigenvalue weighted by Crippen LogP contribution is 2.30. The van der Waals surface area contributed by atoms with E-state index < -0.39 is 0 Å². The van der Waals surface area contributed by atoms with Crippen molar-refractivity contribution in [3.63, 3.8) is 0 Å². The van der Waals surface area contributed by atoms with Crippen LogP contribution in [0.3, 0.4) is 0 Å². The predicted molar refractivity (Wildman–Crippen MR) is 102 cm³/mol. The summed E-state index contributed by atoms with van der Waals surface area (Å²) in [7, 11) is 4.85. The molecule has 1 fully saturated rings. The maximum absolute atomic E-state index is 13.0. The average molecular weight is 373 g/mol. The van der Waals surface area contributed by atoms with Crippen molar-refractivity contribution >= 4 is 5.91 Å². The third kappa shape index (κ3) is 4.24. The van der Waals surface area contributed by atoms with E-state index in [0.29, 0.717) is 30.2 Å². The second-order valence-corrected chi connectivity index (χ2v) is 6.63. The minimum Gasteiger partial charge on any atom is -0.493 e. The molecule has 1 aromatic carbocycles. The first-order valence-corrected chi connectivity index (χ1v) is 9.19. The molecule has 7 nitrogen and oxygen atoms in total. The van der Waals surface area contributed by atoms with E-state index in [1.54, 1.807) is 39.5 Å². The first kappa shape index (κ1) is 19.2. The molecule has 1 aliphatic rings. The molecule has 1 amide bonds. The Bertz CT molecular complexity index is 774. The molecule has 0 saturated carbocycles. The summed E-state index contributed by atoms with van der Waals surface area (Å²) in [6.07, 6.45) is 5.78. The summed E-state index contributed by atoms with van der Waals surface area (Å²) in [5.41, 5.74) is 0.607. The molecule has 1 unspecified atom stereocenters. The van der Waals surface area contributed by atoms with Crippen LogP contribution in [0.1, 0.15) is 34.9 Å². The second kappa shape index (κ2) is 8.90. The zero-order valence-electron chi connectivity index (χ0n) is 16.2. The topological polar surface area (TPSA) is 65.8 Å². The van der Waals surface area contributed by atoms with Gasteiger partial charge in [0.15, 0.2) is 11.5 Å². The molecule has 0 aliphatic carbocycles. The summed E-state index contributed by atoms with van der Waals surface area (Å²) in [5, 5.41) is 0. The lowest BCUT2D eigenvalue weighted by Crippen LogP contribution is -2.39. The fourth-order valence-corrected chi connectivity index (χ4v) is 3.58. The summed E-state index contributed by atoms with van der Waals surface area (Å²) < 4.78 is 17.9. The van der Waals surface area contributed by atoms with Gasteiger partial charge in [0.05, 0.1) is 20.8 Å². The normalized spacial score (nSPS) is 17.0. The van der Waals surface area contributed by atoms with Crippen LogP contribution in [0.5, 0.6) is 11.5 Å². The van der Waals surface area contributed by atoms with Crippen LogP contribution in [0.25, 0.3) is 0 Å². The quantitative estimate of drug-likeness (QED) is 0.746. The number of ether oxygens (including phenoxy) is 3. The van der Waals surface area contributed by atoms with Crippen molar-refractivity contribution in [3.8, 4) is 11.5 Å². The van der Waals surface area contributed by atoms with E-state index in [0.717, 1.165) is 31.8 Å². The number of amides is 1. The Balaban J connectivity index is 1.74. The van der Waals surface area contributed by atoms with Gasteiger partial charge in [-0.25, -0.2) is 4.98 Å². The van der Waals surface area contributed by atoms with Gasteiger partial charge in [-0.05, 0) is 31.0 Å². The molecule has 0 spiro atoms. The maximum atomic E-state index is 13.0. The maximum Gasteiger partial charge on any atom is 0.254 e. The van der Waals surface area contributed by atoms with E-state index in [1.807, 2.05) is 17.3 Å². The van der Waals surface area contributed by atoms with Gasteiger partial charge in [-0.15, -0.1) is 0 Å². The fourth-order valence-electron chi connectivity index (χ4n) is 3.58. The molecule has 27 heavy (non-hydrogen) atoms. The van der Waals surface area contributed by atoms with Gasteiger partial charge in [0.25, 0.3) is 5.91 Å². The fraction of sp³-hybridized carbons (Fsp3) is 0.500. The van der Waals surface area contributed by atoms with Crippen molar-refractivity contribution in [1.82, 2.24) is 14.5 Å². The standard InChI is InChI=1S/C20H27N3O4/c1-25-12-11-22-10-8-21-19(22)16-5-4-9-23(14-16)20(24)15-6-7-17(26-2)18(13-15)27-3/h6-8,10,13,16H,4-5,9,11-12,14H2,1-3H3. The average Bonchev–Trinajstić information content (AvgIpc) is 3.19. The second-order valence-electron chi connectivity index (χ2n) is 6.63. The number of hydrogen-bond acceptors (Lipinski definition) is 5. The molecule has 3 rings (SSSR count). The lowest BCUT2D eigenvalue weighted by atomic mass is 9.96. The van der Waals surface area contributed by atoms with Crippen molar-refractivity contribution in [2.75, 3.05) is 41.0 Å². The number of imidazole rings is 1. The van der Waals surface area contributed by atoms with Gasteiger partial charge >= 0.3 is 0 Å². The predicted octanol–water partition coefficient (Wildman–Crippen LogP) is 2.57. The molecule has 2 aromatic rings. The third-order valence-corrected chi connectivity index (χ3v) is 4.99. The lowest BCUT2D eigenvalue weighted by Gasteiger charge is -2.33. The Labute approximate surface area is 159 Å². The van der Waals surface area contributed by atoms with Crippen molar-refractivity contribution in [1.29, 1.82) is 0 Å². The minimum atomic E-state index is 0.00986. The van der Waals surface area contributed by atoms with Crippen molar-refractivity contribution in [2.24, 2.45) is 0 Å². The highest BCUT2D eigenvalue weighted by molar-refractivity contribution is 5.95. The molecule has 1 saturated heterocycles. The van der Waals surface area contributed by atoms with Gasteiger partial charge in [-0.1, -0.05) is 0 Å². The molecule has 146 valence electrons. The van der Waals surface area contributed by atoms with Gasteiger partial charge in [-0.2, -0.15) is 0 Å². The van der Waals surface area contributed by atoms with E-state index in [4.69, 9.17) is 14.2 Å². The molecule has 0 bridgehead atoms. The number of carbonyl (C=O) groups excluding carboxylic acids is 1. The molecule has 1 atom stereocenters. The van der Waals surface area contributed by atoms with Crippen LogP contribution in [0.4, 0.5) is 0 Å². The Morgan fingerprint density at radius 2 is 2.04 bits per heavy atom. The Hall–Kier alpha value is -2.54. The molecule has 1 aliphatic heterocycles. The molecule has 0 N–H and O–H groups in total. The van der Waals surface area contributed by atoms with Gasteiger partial charge in [0, 0.05) is 50.6 Å². The largest absolute Gasteiger partial charge is 0.493 e. The van der Waals surface area contributed by atoms with E-state index >= 15 is 0 Å². The highest BCUT2D eigenvalue weighted by atomic mass is 16.5. The van der Waals surface area contributed by atoms with Gasteiger partial charge in [-0.3, -0.25) is 4.79 Å². The zero-order chi connectivity index (χ0) is 19.2. The third-order valence-electron chi connectivity index (χ3n) is 4.99. The zero-order valence-corrected chi connectivity index (χ0v) is 16.2. The number of methoxy groups -OCH3 is 3. The minimum absolute atomic E-state index is 0.00986. The van der Waals surface area contributed by atoms with E-state index in [2.05, 4.69) is 9.55 Å². The summed E-state index contributed by atoms with van der Waals surface area (Å²) in [5.74, 6) is 2.44. The molecule has 0 radical (unpaired) electrons. The Kier molecular flexibility index (Phi) is 6.34. The van der Waals surface area contributed by atoms with Gasteiger partial charge in [0.2, 0.25) is 0 Å². The van der Waals surface area contributed by atoms with Crippen LogP contribution < -0.4 is 9.47 Å². The van der Waals surface area contributed by atoms with E-state index in [1.165, 1.54) is 0 Å². The van der Waals surface area contributed by atoms with Crippen molar-refractivity contribution in [2.45, 2.75) is 25.3 Å². The smallest absolute Gasteiger partial charge is 0.254 e. The van der Waals surface area contributed by atoms with E-state index in [-0.39, 0.29) is 11.8 Å². The Morgan fingerprint density at radius 3 is 2.78 bits per heavy atom. The first-order valence-electron chi connectivity index (χ1n) is 9.19. The summed E-state index contributed by atoms with van der Waals surface area (Å²) in [6, 6.07) is 5.29. The molecular formula is C20H27N3O4. The van der Waals surface area contributed by atoms with Crippen LogP contribution in [0, 0.1) is 0 Å². The number of aromatic nitrogens is 2. The Morgan fingerprint density at radius 1 is 1.22 bits per heavy atom.